The van der Waals surface area contributed by atoms with Crippen molar-refractivity contribution < 1.29 is 13.2 Å². The van der Waals surface area contributed by atoms with Gasteiger partial charge in [-0.05, 0) is 44.0 Å². The Balaban J connectivity index is 2.64. The Bertz CT molecular complexity index is 648. The van der Waals surface area contributed by atoms with Crippen LogP contribution in [-0.2, 0) is 20.2 Å². The Kier molecular flexibility index (Phi) is 3.18. The molecule has 0 spiro atoms. The van der Waals surface area contributed by atoms with Gasteiger partial charge in [0.15, 0.2) is 0 Å². The summed E-state index contributed by atoms with van der Waals surface area (Å²) in [5, 5.41) is 2.81. The van der Waals surface area contributed by atoms with E-state index in [2.05, 4.69) is 10.0 Å². The number of rotatable bonds is 3. The normalized spacial score (nSPS) is 17.2. The van der Waals surface area contributed by atoms with Crippen LogP contribution in [-0.4, -0.2) is 20.9 Å². The summed E-state index contributed by atoms with van der Waals surface area (Å²) in [4.78, 5) is 12.1. The number of benzene rings is 1. The molecule has 5 nitrogen and oxygen atoms in total. The first-order valence-corrected chi connectivity index (χ1v) is 7.64. The maximum absolute atomic E-state index is 12.1. The van der Waals surface area contributed by atoms with Crippen LogP contribution in [0.2, 0.25) is 0 Å². The van der Waals surface area contributed by atoms with Gasteiger partial charge in [0.2, 0.25) is 15.9 Å². The monoisotopic (exact) mass is 282 g/mol. The molecule has 0 unspecified atom stereocenters. The predicted octanol–water partition coefficient (Wildman–Crippen LogP) is 1.52. The summed E-state index contributed by atoms with van der Waals surface area (Å²) in [6, 6.07) is 3.16. The molecule has 0 aliphatic carbocycles. The lowest BCUT2D eigenvalue weighted by molar-refractivity contribution is -0.119. The van der Waals surface area contributed by atoms with Gasteiger partial charge < -0.3 is 5.32 Å². The maximum atomic E-state index is 12.1. The smallest absolute Gasteiger partial charge is 0.240 e. The number of hydrogen-bond acceptors (Lipinski definition) is 3. The van der Waals surface area contributed by atoms with Crippen LogP contribution in [0.1, 0.15) is 31.9 Å². The van der Waals surface area contributed by atoms with Crippen LogP contribution >= 0.6 is 0 Å². The van der Waals surface area contributed by atoms with Gasteiger partial charge in [-0.2, -0.15) is 0 Å². The van der Waals surface area contributed by atoms with E-state index >= 15 is 0 Å². The lowest BCUT2D eigenvalue weighted by Gasteiger charge is -2.16. The third-order valence-corrected chi connectivity index (χ3v) is 4.96. The molecule has 0 fully saturated rings. The van der Waals surface area contributed by atoms with Gasteiger partial charge in [-0.25, -0.2) is 13.1 Å². The van der Waals surface area contributed by atoms with E-state index < -0.39 is 15.4 Å². The van der Waals surface area contributed by atoms with Gasteiger partial charge in [-0.1, -0.05) is 6.92 Å². The number of sulfonamides is 1. The van der Waals surface area contributed by atoms with E-state index in [0.29, 0.717) is 6.54 Å². The molecule has 0 saturated carbocycles. The van der Waals surface area contributed by atoms with Gasteiger partial charge in [-0.3, -0.25) is 4.79 Å². The topological polar surface area (TPSA) is 75.3 Å². The molecular formula is C13H18N2O3S. The van der Waals surface area contributed by atoms with Crippen molar-refractivity contribution in [1.29, 1.82) is 0 Å². The zero-order valence-corrected chi connectivity index (χ0v) is 12.3. The standard InChI is InChI=1S/C13H18N2O3S/c1-5-14-19(17,18)9-6-8(2)11-10(7-9)13(3,4)12(16)15-11/h6-7,14H,5H2,1-4H3,(H,15,16). The summed E-state index contributed by atoms with van der Waals surface area (Å²) in [5.41, 5.74) is 1.50. The van der Waals surface area contributed by atoms with Gasteiger partial charge >= 0.3 is 0 Å². The molecule has 0 radical (unpaired) electrons. The van der Waals surface area contributed by atoms with Crippen LogP contribution in [0.15, 0.2) is 17.0 Å². The predicted molar refractivity (Wildman–Crippen MR) is 73.7 cm³/mol. The molecule has 1 heterocycles. The van der Waals surface area contributed by atoms with Crippen LogP contribution < -0.4 is 10.0 Å². The van der Waals surface area contributed by atoms with E-state index in [1.165, 1.54) is 0 Å². The van der Waals surface area contributed by atoms with Crippen molar-refractivity contribution >= 4 is 21.6 Å². The summed E-state index contributed by atoms with van der Waals surface area (Å²) in [7, 11) is -3.51. The first kappa shape index (κ1) is 14.0. The Morgan fingerprint density at radius 3 is 2.53 bits per heavy atom. The first-order chi connectivity index (χ1) is 8.70. The van der Waals surface area contributed by atoms with Gasteiger partial charge in [0.05, 0.1) is 10.3 Å². The maximum Gasteiger partial charge on any atom is 0.240 e. The number of anilines is 1. The molecule has 1 aromatic rings. The molecule has 1 aromatic carbocycles. The van der Waals surface area contributed by atoms with E-state index in [1.54, 1.807) is 39.8 Å². The Morgan fingerprint density at radius 2 is 1.95 bits per heavy atom. The van der Waals surface area contributed by atoms with E-state index in [0.717, 1.165) is 16.8 Å². The van der Waals surface area contributed by atoms with E-state index in [1.807, 2.05) is 0 Å². The molecule has 2 N–H and O–H groups in total. The van der Waals surface area contributed by atoms with Crippen molar-refractivity contribution in [3.63, 3.8) is 0 Å². The van der Waals surface area contributed by atoms with Crippen LogP contribution in [0.4, 0.5) is 5.69 Å². The van der Waals surface area contributed by atoms with Crippen molar-refractivity contribution in [3.8, 4) is 0 Å². The number of amides is 1. The summed E-state index contributed by atoms with van der Waals surface area (Å²) in [6.07, 6.45) is 0. The second-order valence-electron chi connectivity index (χ2n) is 5.24. The van der Waals surface area contributed by atoms with Crippen molar-refractivity contribution in [2.45, 2.75) is 38.0 Å². The molecule has 1 aliphatic heterocycles. The lowest BCUT2D eigenvalue weighted by Crippen LogP contribution is -2.27. The highest BCUT2D eigenvalue weighted by Gasteiger charge is 2.40. The number of fused-ring (bicyclic) bond motifs is 1. The highest BCUT2D eigenvalue weighted by atomic mass is 32.2. The van der Waals surface area contributed by atoms with Crippen LogP contribution in [0.3, 0.4) is 0 Å². The fraction of sp³-hybridized carbons (Fsp3) is 0.462. The van der Waals surface area contributed by atoms with Gasteiger partial charge in [0.25, 0.3) is 0 Å². The van der Waals surface area contributed by atoms with Gasteiger partial charge in [0, 0.05) is 12.2 Å². The van der Waals surface area contributed by atoms with Gasteiger partial charge in [0.1, 0.15) is 0 Å². The molecule has 0 saturated heterocycles. The molecule has 104 valence electrons. The molecule has 0 bridgehead atoms. The van der Waals surface area contributed by atoms with Crippen molar-refractivity contribution in [3.05, 3.63) is 23.3 Å². The highest BCUT2D eigenvalue weighted by Crippen LogP contribution is 2.40. The zero-order valence-electron chi connectivity index (χ0n) is 11.5. The molecule has 19 heavy (non-hydrogen) atoms. The number of nitrogens with one attached hydrogen (secondary N) is 2. The Morgan fingerprint density at radius 1 is 1.32 bits per heavy atom. The van der Waals surface area contributed by atoms with Crippen molar-refractivity contribution in [2.24, 2.45) is 0 Å². The van der Waals surface area contributed by atoms with E-state index in [-0.39, 0.29) is 10.8 Å². The molecular weight excluding hydrogens is 264 g/mol. The van der Waals surface area contributed by atoms with E-state index in [4.69, 9.17) is 0 Å². The summed E-state index contributed by atoms with van der Waals surface area (Å²) < 4.78 is 26.6. The summed E-state index contributed by atoms with van der Waals surface area (Å²) in [6.45, 7) is 7.44. The largest absolute Gasteiger partial charge is 0.325 e. The number of carbonyl (C=O) groups is 1. The first-order valence-electron chi connectivity index (χ1n) is 6.16. The average Bonchev–Trinajstić information content (AvgIpc) is 2.52. The third-order valence-electron chi connectivity index (χ3n) is 3.43. The van der Waals surface area contributed by atoms with Crippen LogP contribution in [0, 0.1) is 6.92 Å². The lowest BCUT2D eigenvalue weighted by atomic mass is 9.85. The molecule has 1 amide bonds. The second-order valence-corrected chi connectivity index (χ2v) is 7.01. The van der Waals surface area contributed by atoms with Gasteiger partial charge in [-0.15, -0.1) is 0 Å². The average molecular weight is 282 g/mol. The number of aryl methyl sites for hydroxylation is 1. The SMILES string of the molecule is CCNS(=O)(=O)c1cc(C)c2c(c1)C(C)(C)C(=O)N2. The minimum atomic E-state index is -3.51. The van der Waals surface area contributed by atoms with Crippen molar-refractivity contribution in [2.75, 3.05) is 11.9 Å². The van der Waals surface area contributed by atoms with Crippen LogP contribution in [0.5, 0.6) is 0 Å². The number of hydrogen-bond donors (Lipinski definition) is 2. The third kappa shape index (κ3) is 2.15. The fourth-order valence-corrected chi connectivity index (χ4v) is 3.39. The molecule has 1 aliphatic rings. The minimum Gasteiger partial charge on any atom is -0.325 e. The number of carbonyl (C=O) groups excluding carboxylic acids is 1. The molecule has 2 rings (SSSR count). The molecule has 0 aromatic heterocycles. The van der Waals surface area contributed by atoms with Crippen LogP contribution in [0.25, 0.3) is 0 Å². The molecule has 0 atom stereocenters. The quantitative estimate of drug-likeness (QED) is 0.882. The summed E-state index contributed by atoms with van der Waals surface area (Å²) in [5.74, 6) is -0.108. The van der Waals surface area contributed by atoms with E-state index in [9.17, 15) is 13.2 Å². The minimum absolute atomic E-state index is 0.108. The van der Waals surface area contributed by atoms with Crippen molar-refractivity contribution in [1.82, 2.24) is 4.72 Å². The Hall–Kier alpha value is -1.40. The molecule has 6 heteroatoms. The highest BCUT2D eigenvalue weighted by molar-refractivity contribution is 7.89. The fourth-order valence-electron chi connectivity index (χ4n) is 2.23. The second kappa shape index (κ2) is 4.31. The zero-order chi connectivity index (χ0) is 14.4. The Labute approximate surface area is 113 Å². The summed E-state index contributed by atoms with van der Waals surface area (Å²) >= 11 is 0.